The molecule has 5 nitrogen and oxygen atoms in total. The number of aryl methyl sites for hydroxylation is 1. The van der Waals surface area contributed by atoms with Gasteiger partial charge in [0.05, 0.1) is 0 Å². The average molecular weight is 394 g/mol. The Morgan fingerprint density at radius 1 is 0.931 bits per heavy atom. The predicted molar refractivity (Wildman–Crippen MR) is 118 cm³/mol. The second-order valence-corrected chi connectivity index (χ2v) is 7.66. The Morgan fingerprint density at radius 3 is 2.28 bits per heavy atom. The van der Waals surface area contributed by atoms with Gasteiger partial charge in [0.2, 0.25) is 0 Å². The number of amides is 2. The maximum absolute atomic E-state index is 12.8. The van der Waals surface area contributed by atoms with Gasteiger partial charge in [-0.1, -0.05) is 31.9 Å². The zero-order valence-electron chi connectivity index (χ0n) is 17.5. The fraction of sp³-hybridized carbons (Fsp3) is 0.417. The Bertz CT molecular complexity index is 824. The van der Waals surface area contributed by atoms with Crippen molar-refractivity contribution in [3.8, 4) is 0 Å². The molecule has 1 aliphatic heterocycles. The fourth-order valence-electron chi connectivity index (χ4n) is 3.62. The Hall–Kier alpha value is -2.82. The molecule has 0 bridgehead atoms. The molecular weight excluding hydrogens is 362 g/mol. The molecule has 1 fully saturated rings. The highest BCUT2D eigenvalue weighted by molar-refractivity contribution is 5.97. The molecule has 29 heavy (non-hydrogen) atoms. The van der Waals surface area contributed by atoms with Crippen molar-refractivity contribution >= 4 is 17.5 Å². The summed E-state index contributed by atoms with van der Waals surface area (Å²) in [5.74, 6) is -0.0457. The van der Waals surface area contributed by atoms with E-state index in [0.29, 0.717) is 30.8 Å². The lowest BCUT2D eigenvalue weighted by Crippen LogP contribution is -2.48. The van der Waals surface area contributed by atoms with Crippen molar-refractivity contribution in [3.05, 3.63) is 65.2 Å². The predicted octanol–water partition coefficient (Wildman–Crippen LogP) is 3.88. The molecule has 2 amide bonds. The molecule has 1 aliphatic rings. The first kappa shape index (κ1) is 20.9. The number of benzene rings is 2. The zero-order chi connectivity index (χ0) is 20.6. The summed E-state index contributed by atoms with van der Waals surface area (Å²) in [4.78, 5) is 29.2. The summed E-state index contributed by atoms with van der Waals surface area (Å²) in [7, 11) is 0. The first-order valence-electron chi connectivity index (χ1n) is 10.6. The minimum absolute atomic E-state index is 0.0313. The molecule has 2 aromatic rings. The summed E-state index contributed by atoms with van der Waals surface area (Å²) < 4.78 is 0. The zero-order valence-corrected chi connectivity index (χ0v) is 17.5. The standard InChI is InChI=1S/C24H31N3O2/c1-3-4-5-13-25-23(28)20-9-11-21(12-10-20)24(29)27-16-14-26(15-17-27)22-8-6-7-19(2)18-22/h6-12,18H,3-5,13-17H2,1-2H3,(H,25,28). The van der Waals surface area contributed by atoms with E-state index in [2.05, 4.69) is 48.3 Å². The van der Waals surface area contributed by atoms with Gasteiger partial charge in [0.15, 0.2) is 0 Å². The van der Waals surface area contributed by atoms with E-state index in [9.17, 15) is 9.59 Å². The monoisotopic (exact) mass is 393 g/mol. The molecule has 0 unspecified atom stereocenters. The molecule has 0 spiro atoms. The summed E-state index contributed by atoms with van der Waals surface area (Å²) >= 11 is 0. The highest BCUT2D eigenvalue weighted by Crippen LogP contribution is 2.19. The van der Waals surface area contributed by atoms with Crippen LogP contribution in [0.5, 0.6) is 0 Å². The van der Waals surface area contributed by atoms with Crippen LogP contribution >= 0.6 is 0 Å². The lowest BCUT2D eigenvalue weighted by atomic mass is 10.1. The highest BCUT2D eigenvalue weighted by atomic mass is 16.2. The number of rotatable bonds is 7. The maximum atomic E-state index is 12.8. The molecule has 3 rings (SSSR count). The minimum atomic E-state index is -0.0770. The van der Waals surface area contributed by atoms with E-state index in [0.717, 1.165) is 32.4 Å². The lowest BCUT2D eigenvalue weighted by Gasteiger charge is -2.36. The minimum Gasteiger partial charge on any atom is -0.368 e. The van der Waals surface area contributed by atoms with E-state index in [-0.39, 0.29) is 11.8 Å². The Kier molecular flexibility index (Phi) is 7.28. The first-order chi connectivity index (χ1) is 14.1. The van der Waals surface area contributed by atoms with E-state index >= 15 is 0 Å². The van der Waals surface area contributed by atoms with Crippen molar-refractivity contribution < 1.29 is 9.59 Å². The molecule has 0 aromatic heterocycles. The van der Waals surface area contributed by atoms with Crippen molar-refractivity contribution in [1.82, 2.24) is 10.2 Å². The van der Waals surface area contributed by atoms with Gasteiger partial charge in [0.1, 0.15) is 0 Å². The van der Waals surface area contributed by atoms with Gasteiger partial charge in [-0.15, -0.1) is 0 Å². The maximum Gasteiger partial charge on any atom is 0.253 e. The van der Waals surface area contributed by atoms with Gasteiger partial charge in [-0.25, -0.2) is 0 Å². The first-order valence-corrected chi connectivity index (χ1v) is 10.6. The van der Waals surface area contributed by atoms with E-state index in [1.807, 2.05) is 4.90 Å². The number of carbonyl (C=O) groups excluding carboxylic acids is 2. The van der Waals surface area contributed by atoms with Gasteiger partial charge in [0.25, 0.3) is 11.8 Å². The van der Waals surface area contributed by atoms with E-state index in [1.54, 1.807) is 24.3 Å². The number of piperazine rings is 1. The van der Waals surface area contributed by atoms with Crippen LogP contribution in [0.15, 0.2) is 48.5 Å². The van der Waals surface area contributed by atoms with Crippen LogP contribution in [0.3, 0.4) is 0 Å². The number of nitrogens with one attached hydrogen (secondary N) is 1. The normalized spacial score (nSPS) is 14.0. The molecular formula is C24H31N3O2. The molecule has 0 aliphatic carbocycles. The molecule has 1 heterocycles. The number of hydrogen-bond acceptors (Lipinski definition) is 3. The summed E-state index contributed by atoms with van der Waals surface area (Å²) in [6.07, 6.45) is 3.24. The number of nitrogens with zero attached hydrogens (tertiary/aromatic N) is 2. The summed E-state index contributed by atoms with van der Waals surface area (Å²) in [5, 5.41) is 2.93. The van der Waals surface area contributed by atoms with Gasteiger partial charge in [0, 0.05) is 49.5 Å². The number of carbonyl (C=O) groups is 2. The van der Waals surface area contributed by atoms with Gasteiger partial charge in [-0.3, -0.25) is 9.59 Å². The smallest absolute Gasteiger partial charge is 0.253 e. The largest absolute Gasteiger partial charge is 0.368 e. The van der Waals surface area contributed by atoms with Gasteiger partial charge < -0.3 is 15.1 Å². The van der Waals surface area contributed by atoms with Crippen molar-refractivity contribution in [2.45, 2.75) is 33.1 Å². The summed E-state index contributed by atoms with van der Waals surface area (Å²) in [5.41, 5.74) is 3.70. The average Bonchev–Trinajstić information content (AvgIpc) is 2.76. The molecule has 2 aromatic carbocycles. The molecule has 1 saturated heterocycles. The van der Waals surface area contributed by atoms with Crippen LogP contribution in [-0.2, 0) is 0 Å². The second-order valence-electron chi connectivity index (χ2n) is 7.66. The fourth-order valence-corrected chi connectivity index (χ4v) is 3.62. The number of unbranched alkanes of at least 4 members (excludes halogenated alkanes) is 2. The van der Waals surface area contributed by atoms with Crippen LogP contribution in [0.4, 0.5) is 5.69 Å². The van der Waals surface area contributed by atoms with Crippen LogP contribution in [0.1, 0.15) is 52.5 Å². The molecule has 0 saturated carbocycles. The van der Waals surface area contributed by atoms with Crippen LogP contribution in [0, 0.1) is 6.92 Å². The highest BCUT2D eigenvalue weighted by Gasteiger charge is 2.22. The van der Waals surface area contributed by atoms with E-state index in [1.165, 1.54) is 11.3 Å². The SMILES string of the molecule is CCCCCNC(=O)c1ccc(C(=O)N2CCN(c3cccc(C)c3)CC2)cc1. The summed E-state index contributed by atoms with van der Waals surface area (Å²) in [6, 6.07) is 15.5. The Morgan fingerprint density at radius 2 is 1.62 bits per heavy atom. The van der Waals surface area contributed by atoms with E-state index < -0.39 is 0 Å². The van der Waals surface area contributed by atoms with Crippen molar-refractivity contribution in [2.24, 2.45) is 0 Å². The third kappa shape index (κ3) is 5.59. The Balaban J connectivity index is 1.52. The molecule has 0 atom stereocenters. The van der Waals surface area contributed by atoms with Crippen LogP contribution < -0.4 is 10.2 Å². The number of anilines is 1. The molecule has 5 heteroatoms. The quantitative estimate of drug-likeness (QED) is 0.727. The molecule has 154 valence electrons. The number of hydrogen-bond donors (Lipinski definition) is 1. The third-order valence-corrected chi connectivity index (χ3v) is 5.39. The van der Waals surface area contributed by atoms with Crippen molar-refractivity contribution in [1.29, 1.82) is 0 Å². The van der Waals surface area contributed by atoms with Crippen LogP contribution in [0.2, 0.25) is 0 Å². The van der Waals surface area contributed by atoms with Crippen LogP contribution in [-0.4, -0.2) is 49.4 Å². The molecule has 0 radical (unpaired) electrons. The van der Waals surface area contributed by atoms with Gasteiger partial charge in [-0.05, 0) is 55.3 Å². The van der Waals surface area contributed by atoms with Gasteiger partial charge in [-0.2, -0.15) is 0 Å². The third-order valence-electron chi connectivity index (χ3n) is 5.39. The lowest BCUT2D eigenvalue weighted by molar-refractivity contribution is 0.0746. The van der Waals surface area contributed by atoms with E-state index in [4.69, 9.17) is 0 Å². The molecule has 1 N–H and O–H groups in total. The topological polar surface area (TPSA) is 52.7 Å². The van der Waals surface area contributed by atoms with Crippen molar-refractivity contribution in [2.75, 3.05) is 37.6 Å². The van der Waals surface area contributed by atoms with Crippen molar-refractivity contribution in [3.63, 3.8) is 0 Å². The Labute approximate surface area is 173 Å². The second kappa shape index (κ2) is 10.1. The van der Waals surface area contributed by atoms with Gasteiger partial charge >= 0.3 is 0 Å². The van der Waals surface area contributed by atoms with Crippen LogP contribution in [0.25, 0.3) is 0 Å². The summed E-state index contributed by atoms with van der Waals surface area (Å²) in [6.45, 7) is 7.98.